The van der Waals surface area contributed by atoms with E-state index in [0.29, 0.717) is 18.8 Å². The van der Waals surface area contributed by atoms with Crippen LogP contribution in [0.5, 0.6) is 0 Å². The Hall–Kier alpha value is -2.04. The second-order valence-electron chi connectivity index (χ2n) is 3.33. The summed E-state index contributed by atoms with van der Waals surface area (Å²) in [6.45, 7) is 6.06. The number of hydrogen-bond acceptors (Lipinski definition) is 3. The smallest absolute Gasteiger partial charge is 0.354 e. The van der Waals surface area contributed by atoms with Gasteiger partial charge in [0.05, 0.1) is 6.61 Å². The van der Waals surface area contributed by atoms with Gasteiger partial charge in [-0.3, -0.25) is 4.79 Å². The van der Waals surface area contributed by atoms with E-state index in [1.807, 2.05) is 0 Å². The zero-order chi connectivity index (χ0) is 12.7. The molecule has 0 saturated heterocycles. The Morgan fingerprint density at radius 1 is 1.59 bits per heavy atom. The molecule has 0 fully saturated rings. The van der Waals surface area contributed by atoms with Crippen LogP contribution in [0.1, 0.15) is 17.4 Å². The van der Waals surface area contributed by atoms with E-state index in [1.54, 1.807) is 35.9 Å². The molecule has 0 spiro atoms. The van der Waals surface area contributed by atoms with E-state index in [9.17, 15) is 9.59 Å². The highest BCUT2D eigenvalue weighted by molar-refractivity contribution is 5.88. The average Bonchev–Trinajstić information content (AvgIpc) is 2.75. The van der Waals surface area contributed by atoms with Crippen LogP contribution >= 0.6 is 0 Å². The molecule has 0 radical (unpaired) electrons. The zero-order valence-electron chi connectivity index (χ0n) is 9.81. The number of nitrogens with one attached hydrogen (secondary N) is 1. The van der Waals surface area contributed by atoms with E-state index >= 15 is 0 Å². The standard InChI is InChI=1S/C12H16N2O3/c1-3-7-13-11(15)9-14-8-5-6-10(14)12(16)17-4-2/h3,5-6,8H,1,4,7,9H2,2H3,(H,13,15). The van der Waals surface area contributed by atoms with E-state index in [4.69, 9.17) is 4.74 Å². The van der Waals surface area contributed by atoms with Gasteiger partial charge in [0.15, 0.2) is 0 Å². The van der Waals surface area contributed by atoms with Gasteiger partial charge < -0.3 is 14.6 Å². The van der Waals surface area contributed by atoms with Crippen LogP contribution in [-0.4, -0.2) is 29.6 Å². The third-order valence-electron chi connectivity index (χ3n) is 2.07. The molecule has 0 aliphatic rings. The van der Waals surface area contributed by atoms with Crippen molar-refractivity contribution in [3.05, 3.63) is 36.7 Å². The van der Waals surface area contributed by atoms with Gasteiger partial charge in [-0.2, -0.15) is 0 Å². The highest BCUT2D eigenvalue weighted by Gasteiger charge is 2.13. The van der Waals surface area contributed by atoms with E-state index in [2.05, 4.69) is 11.9 Å². The van der Waals surface area contributed by atoms with Crippen LogP contribution in [0.25, 0.3) is 0 Å². The summed E-state index contributed by atoms with van der Waals surface area (Å²) >= 11 is 0. The molecule has 1 N–H and O–H groups in total. The summed E-state index contributed by atoms with van der Waals surface area (Å²) in [5, 5.41) is 2.64. The minimum absolute atomic E-state index is 0.0922. The maximum atomic E-state index is 11.5. The summed E-state index contributed by atoms with van der Waals surface area (Å²) in [4.78, 5) is 23.0. The second-order valence-corrected chi connectivity index (χ2v) is 3.33. The Morgan fingerprint density at radius 3 is 3.00 bits per heavy atom. The molecule has 0 unspecified atom stereocenters. The third-order valence-corrected chi connectivity index (χ3v) is 2.07. The molecular formula is C12H16N2O3. The van der Waals surface area contributed by atoms with Crippen molar-refractivity contribution in [1.29, 1.82) is 0 Å². The molecule has 0 aliphatic heterocycles. The quantitative estimate of drug-likeness (QED) is 0.591. The number of amides is 1. The number of hydrogen-bond donors (Lipinski definition) is 1. The average molecular weight is 236 g/mol. The summed E-state index contributed by atoms with van der Waals surface area (Å²) in [6.07, 6.45) is 3.26. The van der Waals surface area contributed by atoms with E-state index in [1.165, 1.54) is 0 Å². The summed E-state index contributed by atoms with van der Waals surface area (Å²) in [6, 6.07) is 3.33. The highest BCUT2D eigenvalue weighted by atomic mass is 16.5. The van der Waals surface area contributed by atoms with Crippen LogP contribution in [0, 0.1) is 0 Å². The Morgan fingerprint density at radius 2 is 2.35 bits per heavy atom. The number of aromatic nitrogens is 1. The van der Waals surface area contributed by atoms with Gasteiger partial charge in [0, 0.05) is 12.7 Å². The van der Waals surface area contributed by atoms with Crippen molar-refractivity contribution in [2.45, 2.75) is 13.5 Å². The molecule has 1 aromatic heterocycles. The van der Waals surface area contributed by atoms with Crippen LogP contribution in [0.4, 0.5) is 0 Å². The van der Waals surface area contributed by atoms with Gasteiger partial charge in [0.25, 0.3) is 0 Å². The summed E-state index contributed by atoms with van der Waals surface area (Å²) in [5.41, 5.74) is 0.376. The first-order chi connectivity index (χ1) is 8.19. The fourth-order valence-corrected chi connectivity index (χ4v) is 1.34. The second kappa shape index (κ2) is 6.52. The molecule has 0 bridgehead atoms. The topological polar surface area (TPSA) is 60.3 Å². The van der Waals surface area contributed by atoms with Gasteiger partial charge in [0.1, 0.15) is 12.2 Å². The van der Waals surface area contributed by atoms with Gasteiger partial charge >= 0.3 is 5.97 Å². The number of carbonyl (C=O) groups excluding carboxylic acids is 2. The first-order valence-corrected chi connectivity index (χ1v) is 5.39. The van der Waals surface area contributed by atoms with Crippen molar-refractivity contribution in [2.75, 3.05) is 13.2 Å². The van der Waals surface area contributed by atoms with E-state index in [0.717, 1.165) is 0 Å². The van der Waals surface area contributed by atoms with Crippen LogP contribution < -0.4 is 5.32 Å². The maximum absolute atomic E-state index is 11.5. The Labute approximate surface area is 100 Å². The molecule has 0 aliphatic carbocycles. The first kappa shape index (κ1) is 13.0. The number of ether oxygens (including phenoxy) is 1. The normalized spacial score (nSPS) is 9.71. The van der Waals surface area contributed by atoms with E-state index < -0.39 is 5.97 Å². The molecule has 0 aromatic carbocycles. The summed E-state index contributed by atoms with van der Waals surface area (Å²) in [5.74, 6) is -0.597. The molecular weight excluding hydrogens is 220 g/mol. The number of carbonyl (C=O) groups is 2. The monoisotopic (exact) mass is 236 g/mol. The van der Waals surface area contributed by atoms with Gasteiger partial charge in [-0.25, -0.2) is 4.79 Å². The van der Waals surface area contributed by atoms with Gasteiger partial charge in [-0.05, 0) is 19.1 Å². The molecule has 1 rings (SSSR count). The van der Waals surface area contributed by atoms with Crippen LogP contribution in [0.2, 0.25) is 0 Å². The number of rotatable bonds is 6. The lowest BCUT2D eigenvalue weighted by molar-refractivity contribution is -0.121. The van der Waals surface area contributed by atoms with Crippen molar-refractivity contribution < 1.29 is 14.3 Å². The molecule has 17 heavy (non-hydrogen) atoms. The van der Waals surface area contributed by atoms with E-state index in [-0.39, 0.29) is 12.5 Å². The molecule has 0 saturated carbocycles. The lowest BCUT2D eigenvalue weighted by Gasteiger charge is -2.08. The first-order valence-electron chi connectivity index (χ1n) is 5.39. The van der Waals surface area contributed by atoms with Crippen LogP contribution in [0.15, 0.2) is 31.0 Å². The fraction of sp³-hybridized carbons (Fsp3) is 0.333. The number of esters is 1. The van der Waals surface area contributed by atoms with Gasteiger partial charge in [-0.15, -0.1) is 6.58 Å². The number of nitrogens with zero attached hydrogens (tertiary/aromatic N) is 1. The molecule has 1 amide bonds. The predicted octanol–water partition coefficient (Wildman–Crippen LogP) is 0.967. The minimum atomic E-state index is -0.422. The summed E-state index contributed by atoms with van der Waals surface area (Å²) in [7, 11) is 0. The zero-order valence-corrected chi connectivity index (χ0v) is 9.81. The molecule has 0 atom stereocenters. The molecule has 5 nitrogen and oxygen atoms in total. The van der Waals surface area contributed by atoms with Crippen LogP contribution in [0.3, 0.4) is 0 Å². The van der Waals surface area contributed by atoms with Crippen LogP contribution in [-0.2, 0) is 16.1 Å². The summed E-state index contributed by atoms with van der Waals surface area (Å²) < 4.78 is 6.43. The maximum Gasteiger partial charge on any atom is 0.354 e. The largest absolute Gasteiger partial charge is 0.461 e. The lowest BCUT2D eigenvalue weighted by Crippen LogP contribution is -2.28. The predicted molar refractivity (Wildman–Crippen MR) is 63.6 cm³/mol. The minimum Gasteiger partial charge on any atom is -0.461 e. The SMILES string of the molecule is C=CCNC(=O)Cn1cccc1C(=O)OCC. The molecule has 5 heteroatoms. The Bertz CT molecular complexity index is 410. The van der Waals surface area contributed by atoms with Crippen molar-refractivity contribution in [3.63, 3.8) is 0 Å². The van der Waals surface area contributed by atoms with Crippen molar-refractivity contribution in [3.8, 4) is 0 Å². The Kier molecular flexibility index (Phi) is 5.00. The fourth-order valence-electron chi connectivity index (χ4n) is 1.34. The Balaban J connectivity index is 2.65. The molecule has 1 heterocycles. The molecule has 92 valence electrons. The van der Waals surface area contributed by atoms with Gasteiger partial charge in [-0.1, -0.05) is 6.08 Å². The van der Waals surface area contributed by atoms with Crippen molar-refractivity contribution >= 4 is 11.9 Å². The van der Waals surface area contributed by atoms with Gasteiger partial charge in [0.2, 0.25) is 5.91 Å². The molecule has 1 aromatic rings. The van der Waals surface area contributed by atoms with Crippen molar-refractivity contribution in [2.24, 2.45) is 0 Å². The van der Waals surface area contributed by atoms with Crippen molar-refractivity contribution in [1.82, 2.24) is 9.88 Å². The highest BCUT2D eigenvalue weighted by Crippen LogP contribution is 2.04. The third kappa shape index (κ3) is 3.79. The lowest BCUT2D eigenvalue weighted by atomic mass is 10.4.